The van der Waals surface area contributed by atoms with Crippen molar-refractivity contribution in [3.8, 4) is 11.8 Å². The van der Waals surface area contributed by atoms with Crippen LogP contribution in [-0.4, -0.2) is 46.1 Å². The van der Waals surface area contributed by atoms with Crippen LogP contribution in [0, 0.1) is 31.1 Å². The molecule has 0 fully saturated rings. The molecule has 0 aliphatic heterocycles. The zero-order valence-electron chi connectivity index (χ0n) is 22.5. The maximum Gasteiger partial charge on any atom is 0.408 e. The lowest BCUT2D eigenvalue weighted by atomic mass is 9.98. The molecular weight excluding hydrogens is 472 g/mol. The van der Waals surface area contributed by atoms with Crippen LogP contribution >= 0.6 is 0 Å². The van der Waals surface area contributed by atoms with E-state index in [0.717, 1.165) is 16.0 Å². The number of aromatic hydroxyl groups is 1. The van der Waals surface area contributed by atoms with E-state index in [4.69, 9.17) is 4.74 Å². The van der Waals surface area contributed by atoms with E-state index in [1.54, 1.807) is 34.6 Å². The molecule has 2 rings (SSSR count). The highest BCUT2D eigenvalue weighted by molar-refractivity contribution is 6.00. The largest absolute Gasteiger partial charge is 0.508 e. The molecule has 198 valence electrons. The average Bonchev–Trinajstić information content (AvgIpc) is 2.79. The van der Waals surface area contributed by atoms with Crippen molar-refractivity contribution < 1.29 is 24.2 Å². The molecule has 9 heteroatoms. The third kappa shape index (κ3) is 7.97. The molecule has 0 radical (unpaired) electrons. The third-order valence-corrected chi connectivity index (χ3v) is 5.63. The van der Waals surface area contributed by atoms with E-state index < -0.39 is 42.1 Å². The summed E-state index contributed by atoms with van der Waals surface area (Å²) in [5.41, 5.74) is 1.89. The van der Waals surface area contributed by atoms with Gasteiger partial charge in [-0.25, -0.2) is 4.79 Å². The minimum absolute atomic E-state index is 0.0116. The molecule has 2 aromatic rings. The SMILES string of the molecule is Cc1cccc(C)c1NC(=O)C(c1ccc(O)cc1)N(CC#N)C(=O)C(NC(=O)OC(C)(C)C)C(C)C. The summed E-state index contributed by atoms with van der Waals surface area (Å²) in [7, 11) is 0. The molecule has 0 aromatic heterocycles. The first-order chi connectivity index (χ1) is 17.2. The summed E-state index contributed by atoms with van der Waals surface area (Å²) in [5, 5.41) is 24.9. The number of phenols is 1. The van der Waals surface area contributed by atoms with Crippen molar-refractivity contribution in [1.29, 1.82) is 5.26 Å². The summed E-state index contributed by atoms with van der Waals surface area (Å²) in [6, 6.07) is 11.1. The number of hydrogen-bond donors (Lipinski definition) is 3. The van der Waals surface area contributed by atoms with Gasteiger partial charge in [-0.05, 0) is 69.4 Å². The van der Waals surface area contributed by atoms with E-state index in [1.807, 2.05) is 38.1 Å². The van der Waals surface area contributed by atoms with Crippen molar-refractivity contribution in [3.05, 3.63) is 59.2 Å². The minimum Gasteiger partial charge on any atom is -0.508 e. The van der Waals surface area contributed by atoms with E-state index >= 15 is 0 Å². The fraction of sp³-hybridized carbons (Fsp3) is 0.429. The van der Waals surface area contributed by atoms with E-state index in [-0.39, 0.29) is 11.7 Å². The summed E-state index contributed by atoms with van der Waals surface area (Å²) >= 11 is 0. The molecule has 0 saturated heterocycles. The van der Waals surface area contributed by atoms with Gasteiger partial charge in [0.2, 0.25) is 5.91 Å². The van der Waals surface area contributed by atoms with Gasteiger partial charge in [0, 0.05) is 5.69 Å². The summed E-state index contributed by atoms with van der Waals surface area (Å²) in [6.07, 6.45) is -0.780. The Morgan fingerprint density at radius 3 is 2.11 bits per heavy atom. The molecule has 2 aromatic carbocycles. The predicted octanol–water partition coefficient (Wildman–Crippen LogP) is 4.59. The van der Waals surface area contributed by atoms with E-state index in [1.165, 1.54) is 24.3 Å². The first-order valence-electron chi connectivity index (χ1n) is 12.1. The normalized spacial score (nSPS) is 12.7. The van der Waals surface area contributed by atoms with Crippen LogP contribution < -0.4 is 10.6 Å². The fourth-order valence-corrected chi connectivity index (χ4v) is 3.83. The summed E-state index contributed by atoms with van der Waals surface area (Å²) in [5.74, 6) is -1.53. The van der Waals surface area contributed by atoms with Crippen molar-refractivity contribution in [2.24, 2.45) is 5.92 Å². The highest BCUT2D eigenvalue weighted by atomic mass is 16.6. The Hall–Kier alpha value is -4.06. The van der Waals surface area contributed by atoms with Gasteiger partial charge in [-0.15, -0.1) is 0 Å². The number of nitriles is 1. The Bertz CT molecular complexity index is 1140. The van der Waals surface area contributed by atoms with Crippen LogP contribution in [-0.2, 0) is 14.3 Å². The third-order valence-electron chi connectivity index (χ3n) is 5.63. The number of nitrogens with one attached hydrogen (secondary N) is 2. The first-order valence-corrected chi connectivity index (χ1v) is 12.1. The van der Waals surface area contributed by atoms with Crippen LogP contribution in [0.5, 0.6) is 5.75 Å². The number of carbonyl (C=O) groups excluding carboxylic acids is 3. The van der Waals surface area contributed by atoms with Crippen molar-refractivity contribution in [3.63, 3.8) is 0 Å². The van der Waals surface area contributed by atoms with Crippen LogP contribution in [0.3, 0.4) is 0 Å². The number of ether oxygens (including phenoxy) is 1. The predicted molar refractivity (Wildman–Crippen MR) is 141 cm³/mol. The van der Waals surface area contributed by atoms with Gasteiger partial charge in [-0.3, -0.25) is 9.59 Å². The van der Waals surface area contributed by atoms with Crippen LogP contribution in [0.25, 0.3) is 0 Å². The maximum atomic E-state index is 13.8. The standard InChI is InChI=1S/C28H36N4O5/c1-17(2)22(31-27(36)37-28(5,6)7)26(35)32(16-15-29)24(20-11-13-21(33)14-12-20)25(34)30-23-18(3)9-8-10-19(23)4/h8-14,17,22,24,33H,16H2,1-7H3,(H,30,34)(H,31,36). The molecule has 37 heavy (non-hydrogen) atoms. The van der Waals surface area contributed by atoms with E-state index in [2.05, 4.69) is 10.6 Å². The van der Waals surface area contributed by atoms with Crippen LogP contribution in [0.4, 0.5) is 10.5 Å². The second kappa shape index (κ2) is 12.3. The zero-order chi connectivity index (χ0) is 27.9. The molecule has 9 nitrogen and oxygen atoms in total. The lowest BCUT2D eigenvalue weighted by Gasteiger charge is -2.34. The number of alkyl carbamates (subject to hydrolysis) is 1. The number of amides is 3. The number of carbonyl (C=O) groups is 3. The average molecular weight is 509 g/mol. The number of aryl methyl sites for hydroxylation is 2. The van der Waals surface area contributed by atoms with Gasteiger partial charge in [0.15, 0.2) is 0 Å². The Kier molecular flexibility index (Phi) is 9.67. The van der Waals surface area contributed by atoms with Gasteiger partial charge < -0.3 is 25.4 Å². The van der Waals surface area contributed by atoms with E-state index in [0.29, 0.717) is 11.3 Å². The number of nitrogens with zero attached hydrogens (tertiary/aromatic N) is 2. The minimum atomic E-state index is -1.21. The lowest BCUT2D eigenvalue weighted by Crippen LogP contribution is -2.54. The highest BCUT2D eigenvalue weighted by Gasteiger charge is 2.37. The molecule has 0 spiro atoms. The number of hydrogen-bond acceptors (Lipinski definition) is 6. The smallest absolute Gasteiger partial charge is 0.408 e. The Labute approximate surface area is 218 Å². The zero-order valence-corrected chi connectivity index (χ0v) is 22.5. The number of phenolic OH excluding ortho intramolecular Hbond substituents is 1. The van der Waals surface area contributed by atoms with Crippen molar-refractivity contribution in [2.45, 2.75) is 66.2 Å². The molecule has 0 saturated carbocycles. The molecule has 3 amide bonds. The van der Waals surface area contributed by atoms with Crippen molar-refractivity contribution in [2.75, 3.05) is 11.9 Å². The topological polar surface area (TPSA) is 132 Å². The fourth-order valence-electron chi connectivity index (χ4n) is 3.83. The lowest BCUT2D eigenvalue weighted by molar-refractivity contribution is -0.140. The molecular formula is C28H36N4O5. The highest BCUT2D eigenvalue weighted by Crippen LogP contribution is 2.28. The van der Waals surface area contributed by atoms with Gasteiger partial charge in [-0.2, -0.15) is 5.26 Å². The van der Waals surface area contributed by atoms with Gasteiger partial charge in [0.1, 0.15) is 30.0 Å². The van der Waals surface area contributed by atoms with Crippen LogP contribution in [0.15, 0.2) is 42.5 Å². The van der Waals surface area contributed by atoms with Crippen molar-refractivity contribution in [1.82, 2.24) is 10.2 Å². The van der Waals surface area contributed by atoms with Gasteiger partial charge in [-0.1, -0.05) is 44.2 Å². The van der Waals surface area contributed by atoms with Gasteiger partial charge >= 0.3 is 6.09 Å². The van der Waals surface area contributed by atoms with Gasteiger partial charge in [0.05, 0.1) is 6.07 Å². The van der Waals surface area contributed by atoms with Crippen LogP contribution in [0.1, 0.15) is 57.4 Å². The molecule has 0 aliphatic carbocycles. The number of para-hydroxylation sites is 1. The van der Waals surface area contributed by atoms with E-state index in [9.17, 15) is 24.8 Å². The summed E-state index contributed by atoms with van der Waals surface area (Å²) in [6.45, 7) is 11.9. The van der Waals surface area contributed by atoms with Gasteiger partial charge in [0.25, 0.3) is 5.91 Å². The quantitative estimate of drug-likeness (QED) is 0.447. The molecule has 0 aliphatic rings. The summed E-state index contributed by atoms with van der Waals surface area (Å²) in [4.78, 5) is 41.2. The molecule has 3 N–H and O–H groups in total. The second-order valence-corrected chi connectivity index (χ2v) is 10.2. The Balaban J connectivity index is 2.53. The van der Waals surface area contributed by atoms with Crippen molar-refractivity contribution >= 4 is 23.6 Å². The van der Waals surface area contributed by atoms with Crippen LogP contribution in [0.2, 0.25) is 0 Å². The Morgan fingerprint density at radius 1 is 1.05 bits per heavy atom. The maximum absolute atomic E-state index is 13.8. The Morgan fingerprint density at radius 2 is 1.62 bits per heavy atom. The summed E-state index contributed by atoms with van der Waals surface area (Å²) < 4.78 is 5.33. The number of benzene rings is 2. The molecule has 2 atom stereocenters. The first kappa shape index (κ1) is 29.2. The second-order valence-electron chi connectivity index (χ2n) is 10.2. The molecule has 0 bridgehead atoms. The molecule has 2 unspecified atom stereocenters. The monoisotopic (exact) mass is 508 g/mol. The number of rotatable bonds is 8. The molecule has 0 heterocycles. The number of anilines is 1.